The number of hydrogen-bond acceptors (Lipinski definition) is 4. The van der Waals surface area contributed by atoms with Crippen LogP contribution in [-0.4, -0.2) is 11.2 Å². The van der Waals surface area contributed by atoms with Crippen LogP contribution in [0.15, 0.2) is 48.5 Å². The molecule has 19 heavy (non-hydrogen) atoms. The minimum atomic E-state index is -0.848. The second-order valence-electron chi connectivity index (χ2n) is 3.63. The molecule has 0 unspecified atom stereocenters. The third kappa shape index (κ3) is 3.17. The lowest BCUT2D eigenvalue weighted by Gasteiger charge is -2.15. The molecule has 2 aromatic carbocycles. The fourth-order valence-electron chi connectivity index (χ4n) is 1.38. The first kappa shape index (κ1) is 13.2. The van der Waals surface area contributed by atoms with Gasteiger partial charge in [0.2, 0.25) is 0 Å². The summed E-state index contributed by atoms with van der Waals surface area (Å²) < 4.78 is 19.2. The predicted molar refractivity (Wildman–Crippen MR) is 72.0 cm³/mol. The number of carbonyl (C=O) groups excluding carboxylic acids is 1. The molecule has 0 saturated heterocycles. The van der Waals surface area contributed by atoms with Crippen molar-refractivity contribution in [2.45, 2.75) is 0 Å². The molecule has 4 nitrogen and oxygen atoms in total. The van der Waals surface area contributed by atoms with Gasteiger partial charge in [-0.1, -0.05) is 24.9 Å². The van der Waals surface area contributed by atoms with Crippen LogP contribution in [0.2, 0.25) is 0 Å². The number of hydrogen-bond donors (Lipinski definition) is 2. The molecule has 0 radical (unpaired) electrons. The van der Waals surface area contributed by atoms with Gasteiger partial charge in [0.05, 0.1) is 5.69 Å². The zero-order valence-corrected chi connectivity index (χ0v) is 10.5. The van der Waals surface area contributed by atoms with Gasteiger partial charge >= 0.3 is 6.09 Å². The number of phenolic OH excluding ortho intramolecular Hbond substituents is 1. The topological polar surface area (TPSA) is 49.8 Å². The number of para-hydroxylation sites is 1. The van der Waals surface area contributed by atoms with Gasteiger partial charge in [0, 0.05) is 0 Å². The predicted octanol–water partition coefficient (Wildman–Crippen LogP) is 3.38. The van der Waals surface area contributed by atoms with Crippen molar-refractivity contribution < 1.29 is 19.0 Å². The van der Waals surface area contributed by atoms with Gasteiger partial charge < -0.3 is 9.84 Å². The van der Waals surface area contributed by atoms with Crippen LogP contribution in [0.25, 0.3) is 0 Å². The van der Waals surface area contributed by atoms with Crippen LogP contribution in [0, 0.1) is 5.82 Å². The molecule has 0 bridgehead atoms. The summed E-state index contributed by atoms with van der Waals surface area (Å²) in [5.41, 5.74) is -0.00499. The largest absolute Gasteiger partial charge is 0.508 e. The summed E-state index contributed by atoms with van der Waals surface area (Å²) in [4.78, 5) is 11.7. The molecule has 0 atom stereocenters. The fourth-order valence-corrected chi connectivity index (χ4v) is 1.58. The average Bonchev–Trinajstić information content (AvgIpc) is 2.41. The van der Waals surface area contributed by atoms with E-state index in [-0.39, 0.29) is 17.2 Å². The fraction of sp³-hybridized carbons (Fsp3) is 0. The maximum Gasteiger partial charge on any atom is 0.430 e. The van der Waals surface area contributed by atoms with Gasteiger partial charge in [-0.3, -0.25) is 0 Å². The molecule has 0 aromatic heterocycles. The molecule has 98 valence electrons. The van der Waals surface area contributed by atoms with Crippen LogP contribution in [-0.2, 0) is 0 Å². The highest BCUT2D eigenvalue weighted by molar-refractivity contribution is 7.82. The molecule has 0 aliphatic heterocycles. The number of thiol groups is 1. The summed E-state index contributed by atoms with van der Waals surface area (Å²) in [6.07, 6.45) is -0.848. The Balaban J connectivity index is 2.12. The lowest BCUT2D eigenvalue weighted by Crippen LogP contribution is -2.25. The van der Waals surface area contributed by atoms with Gasteiger partial charge in [-0.15, -0.1) is 0 Å². The van der Waals surface area contributed by atoms with E-state index in [1.807, 2.05) is 0 Å². The van der Waals surface area contributed by atoms with Gasteiger partial charge in [0.25, 0.3) is 0 Å². The van der Waals surface area contributed by atoms with E-state index in [1.165, 1.54) is 42.5 Å². The number of amides is 1. The number of ether oxygens (including phenoxy) is 1. The Hall–Kier alpha value is -2.21. The molecular weight excluding hydrogens is 269 g/mol. The van der Waals surface area contributed by atoms with E-state index < -0.39 is 11.9 Å². The maximum atomic E-state index is 13.5. The van der Waals surface area contributed by atoms with Crippen LogP contribution < -0.4 is 9.04 Å². The molecule has 6 heteroatoms. The summed E-state index contributed by atoms with van der Waals surface area (Å²) in [5, 5.41) is 9.10. The van der Waals surface area contributed by atoms with E-state index in [0.29, 0.717) is 0 Å². The summed E-state index contributed by atoms with van der Waals surface area (Å²) in [7, 11) is 0. The smallest absolute Gasteiger partial charge is 0.430 e. The molecule has 1 amide bonds. The molecule has 1 N–H and O–H groups in total. The third-order valence-corrected chi connectivity index (χ3v) is 2.67. The van der Waals surface area contributed by atoms with Crippen molar-refractivity contribution >= 4 is 24.6 Å². The zero-order valence-electron chi connectivity index (χ0n) is 9.65. The summed E-state index contributed by atoms with van der Waals surface area (Å²) in [6.45, 7) is 0. The minimum Gasteiger partial charge on any atom is -0.508 e. The van der Waals surface area contributed by atoms with Crippen molar-refractivity contribution in [2.24, 2.45) is 0 Å². The second kappa shape index (κ2) is 5.62. The Morgan fingerprint density at radius 3 is 2.42 bits per heavy atom. The van der Waals surface area contributed by atoms with Crippen molar-refractivity contribution in [3.05, 3.63) is 54.3 Å². The molecule has 2 rings (SSSR count). The van der Waals surface area contributed by atoms with Gasteiger partial charge in [0.1, 0.15) is 17.3 Å². The van der Waals surface area contributed by atoms with E-state index in [9.17, 15) is 9.18 Å². The molecule has 0 aliphatic rings. The van der Waals surface area contributed by atoms with E-state index in [0.717, 1.165) is 4.31 Å². The van der Waals surface area contributed by atoms with Gasteiger partial charge in [-0.25, -0.2) is 13.5 Å². The number of rotatable bonds is 2. The number of anilines is 1. The highest BCUT2D eigenvalue weighted by atomic mass is 32.1. The highest BCUT2D eigenvalue weighted by Gasteiger charge is 2.17. The van der Waals surface area contributed by atoms with E-state index in [2.05, 4.69) is 12.8 Å². The quantitative estimate of drug-likeness (QED) is 0.828. The number of carbonyl (C=O) groups is 1. The molecule has 0 spiro atoms. The van der Waals surface area contributed by atoms with E-state index >= 15 is 0 Å². The lowest BCUT2D eigenvalue weighted by atomic mass is 10.3. The molecule has 0 fully saturated rings. The van der Waals surface area contributed by atoms with E-state index in [4.69, 9.17) is 9.84 Å². The number of phenols is 1. The Bertz CT molecular complexity index is 589. The van der Waals surface area contributed by atoms with Crippen LogP contribution in [0.4, 0.5) is 14.9 Å². The van der Waals surface area contributed by atoms with Gasteiger partial charge in [-0.2, -0.15) is 0 Å². The number of halogens is 1. The van der Waals surface area contributed by atoms with Crippen molar-refractivity contribution in [1.82, 2.24) is 0 Å². The first-order valence-corrected chi connectivity index (χ1v) is 5.72. The van der Waals surface area contributed by atoms with Gasteiger partial charge in [-0.05, 0) is 36.4 Å². The Labute approximate surface area is 114 Å². The molecule has 0 aliphatic carbocycles. The highest BCUT2D eigenvalue weighted by Crippen LogP contribution is 2.23. The number of nitrogens with zero attached hydrogens (tertiary/aromatic N) is 1. The van der Waals surface area contributed by atoms with Gasteiger partial charge in [0.15, 0.2) is 0 Å². The summed E-state index contributed by atoms with van der Waals surface area (Å²) in [6, 6.07) is 11.3. The Morgan fingerprint density at radius 2 is 1.79 bits per heavy atom. The van der Waals surface area contributed by atoms with Crippen molar-refractivity contribution in [3.63, 3.8) is 0 Å². The van der Waals surface area contributed by atoms with Crippen LogP contribution >= 0.6 is 12.8 Å². The summed E-state index contributed by atoms with van der Waals surface area (Å²) >= 11 is 3.90. The minimum absolute atomic E-state index is 0.00499. The second-order valence-corrected chi connectivity index (χ2v) is 4.03. The zero-order chi connectivity index (χ0) is 13.8. The van der Waals surface area contributed by atoms with Crippen molar-refractivity contribution in [3.8, 4) is 11.5 Å². The van der Waals surface area contributed by atoms with Crippen LogP contribution in [0.5, 0.6) is 11.5 Å². The first-order chi connectivity index (χ1) is 9.08. The molecule has 2 aromatic rings. The summed E-state index contributed by atoms with van der Waals surface area (Å²) in [5.74, 6) is -0.310. The first-order valence-electron chi connectivity index (χ1n) is 5.32. The Morgan fingerprint density at radius 1 is 1.16 bits per heavy atom. The monoisotopic (exact) mass is 279 g/mol. The van der Waals surface area contributed by atoms with Crippen LogP contribution in [0.1, 0.15) is 0 Å². The molecule has 0 heterocycles. The van der Waals surface area contributed by atoms with Crippen molar-refractivity contribution in [1.29, 1.82) is 0 Å². The number of aromatic hydroxyl groups is 1. The average molecular weight is 279 g/mol. The third-order valence-electron chi connectivity index (χ3n) is 2.30. The Kier molecular flexibility index (Phi) is 3.91. The van der Waals surface area contributed by atoms with Crippen LogP contribution in [0.3, 0.4) is 0 Å². The lowest BCUT2D eigenvalue weighted by molar-refractivity contribution is 0.212. The standard InChI is InChI=1S/C13H10FNO3S/c14-11-3-1-2-4-12(11)15(19)13(17)18-10-7-5-9(16)6-8-10/h1-8,16,19H. The molecular formula is C13H10FNO3S. The van der Waals surface area contributed by atoms with Crippen molar-refractivity contribution in [2.75, 3.05) is 4.31 Å². The normalized spacial score (nSPS) is 10.0. The van der Waals surface area contributed by atoms with E-state index in [1.54, 1.807) is 6.07 Å². The SMILES string of the molecule is O=C(Oc1ccc(O)cc1)N(S)c1ccccc1F. The molecule has 0 saturated carbocycles. The maximum absolute atomic E-state index is 13.5. The number of benzene rings is 2.